The van der Waals surface area contributed by atoms with Crippen molar-refractivity contribution in [1.82, 2.24) is 20.4 Å². The van der Waals surface area contributed by atoms with Crippen LogP contribution in [0, 0.1) is 0 Å². The molecule has 0 radical (unpaired) electrons. The molecule has 5 rings (SSSR count). The number of carbonyl (C=O) groups is 1. The molecule has 1 aliphatic heterocycles. The van der Waals surface area contributed by atoms with Crippen LogP contribution in [-0.4, -0.2) is 54.3 Å². The van der Waals surface area contributed by atoms with Gasteiger partial charge in [-0.15, -0.1) is 0 Å². The predicted molar refractivity (Wildman–Crippen MR) is 134 cm³/mol. The average Bonchev–Trinajstić information content (AvgIpc) is 3.41. The molecule has 180 valence electrons. The van der Waals surface area contributed by atoms with Crippen molar-refractivity contribution in [3.63, 3.8) is 0 Å². The van der Waals surface area contributed by atoms with Gasteiger partial charge in [-0.05, 0) is 24.3 Å². The van der Waals surface area contributed by atoms with Gasteiger partial charge < -0.3 is 24.4 Å². The molecule has 2 aromatic carbocycles. The highest BCUT2D eigenvalue weighted by Gasteiger charge is 2.23. The van der Waals surface area contributed by atoms with Gasteiger partial charge in [0.2, 0.25) is 0 Å². The number of nitrogens with zero attached hydrogens (tertiary/aromatic N) is 5. The number of fused-ring (bicyclic) bond motifs is 1. The van der Waals surface area contributed by atoms with Crippen LogP contribution in [0.2, 0.25) is 0 Å². The van der Waals surface area contributed by atoms with E-state index >= 15 is 0 Å². The summed E-state index contributed by atoms with van der Waals surface area (Å²) in [6, 6.07) is 17.7. The number of aromatic nitrogens is 3. The van der Waals surface area contributed by atoms with Gasteiger partial charge in [0.25, 0.3) is 5.91 Å². The normalized spacial score (nSPS) is 13.8. The summed E-state index contributed by atoms with van der Waals surface area (Å²) < 4.78 is 10.7. The molecule has 4 aromatic rings. The Morgan fingerprint density at radius 3 is 2.54 bits per heavy atom. The summed E-state index contributed by atoms with van der Waals surface area (Å²) >= 11 is 0. The molecule has 0 atom stereocenters. The lowest BCUT2D eigenvalue weighted by molar-refractivity contribution is 0.0940. The zero-order chi connectivity index (χ0) is 24.2. The summed E-state index contributed by atoms with van der Waals surface area (Å²) in [5.41, 5.74) is 2.21. The number of benzene rings is 2. The summed E-state index contributed by atoms with van der Waals surface area (Å²) in [4.78, 5) is 26.7. The van der Waals surface area contributed by atoms with Gasteiger partial charge in [0.05, 0.1) is 24.9 Å². The summed E-state index contributed by atoms with van der Waals surface area (Å²) in [5.74, 6) is 2.68. The van der Waals surface area contributed by atoms with Gasteiger partial charge in [-0.3, -0.25) is 4.79 Å². The Labute approximate surface area is 203 Å². The Bertz CT molecular complexity index is 1330. The monoisotopic (exact) mass is 472 g/mol. The van der Waals surface area contributed by atoms with Crippen LogP contribution in [0.1, 0.15) is 29.0 Å². The smallest absolute Gasteiger partial charge is 0.273 e. The molecule has 1 saturated heterocycles. The molecule has 9 heteroatoms. The van der Waals surface area contributed by atoms with Crippen LogP contribution in [0.15, 0.2) is 59.1 Å². The molecule has 0 aliphatic carbocycles. The molecule has 1 N–H and O–H groups in total. The third kappa shape index (κ3) is 4.75. The molecule has 0 unspecified atom stereocenters. The van der Waals surface area contributed by atoms with Crippen LogP contribution < -0.4 is 19.9 Å². The standard InChI is InChI=1S/C26H28N6O3/c1-3-18-16-21(30-35-18)26(33)27-17-24-28-20-9-5-4-8-19(20)25(29-24)32-14-12-31(13-15-32)22-10-6-7-11-23(22)34-2/h4-11,16H,3,12-15,17H2,1-2H3,(H,27,33). The fourth-order valence-electron chi connectivity index (χ4n) is 4.31. The molecule has 2 aromatic heterocycles. The average molecular weight is 473 g/mol. The molecule has 0 saturated carbocycles. The Kier molecular flexibility index (Phi) is 6.47. The number of ether oxygens (including phenoxy) is 1. The number of amides is 1. The van der Waals surface area contributed by atoms with Gasteiger partial charge in [-0.2, -0.15) is 0 Å². The number of piperazine rings is 1. The van der Waals surface area contributed by atoms with Crippen molar-refractivity contribution in [3.8, 4) is 5.75 Å². The minimum Gasteiger partial charge on any atom is -0.495 e. The molecule has 1 amide bonds. The predicted octanol–water partition coefficient (Wildman–Crippen LogP) is 3.45. The summed E-state index contributed by atoms with van der Waals surface area (Å²) in [7, 11) is 1.70. The first-order chi connectivity index (χ1) is 17.2. The highest BCUT2D eigenvalue weighted by atomic mass is 16.5. The summed E-state index contributed by atoms with van der Waals surface area (Å²) in [6.45, 7) is 5.45. The lowest BCUT2D eigenvalue weighted by Crippen LogP contribution is -2.47. The van der Waals surface area contributed by atoms with Crippen molar-refractivity contribution < 1.29 is 14.1 Å². The van der Waals surface area contributed by atoms with Gasteiger partial charge in [0.15, 0.2) is 11.5 Å². The molecule has 1 fully saturated rings. The first-order valence-electron chi connectivity index (χ1n) is 11.8. The highest BCUT2D eigenvalue weighted by Crippen LogP contribution is 2.30. The second-order valence-electron chi connectivity index (χ2n) is 8.34. The second-order valence-corrected chi connectivity index (χ2v) is 8.34. The molecule has 0 spiro atoms. The fraction of sp³-hybridized carbons (Fsp3) is 0.308. The molecular weight excluding hydrogens is 444 g/mol. The summed E-state index contributed by atoms with van der Waals surface area (Å²) in [6.07, 6.45) is 0.682. The quantitative estimate of drug-likeness (QED) is 0.437. The Hall–Kier alpha value is -4.14. The van der Waals surface area contributed by atoms with E-state index in [9.17, 15) is 4.79 Å². The number of carbonyl (C=O) groups excluding carboxylic acids is 1. The van der Waals surface area contributed by atoms with Gasteiger partial charge in [0, 0.05) is 44.1 Å². The maximum absolute atomic E-state index is 12.5. The van der Waals surface area contributed by atoms with Gasteiger partial charge in [-0.1, -0.05) is 36.3 Å². The molecule has 3 heterocycles. The van der Waals surface area contributed by atoms with Gasteiger partial charge >= 0.3 is 0 Å². The molecular formula is C26H28N6O3. The van der Waals surface area contributed by atoms with Crippen LogP contribution in [0.25, 0.3) is 10.9 Å². The highest BCUT2D eigenvalue weighted by molar-refractivity contribution is 5.92. The molecule has 9 nitrogen and oxygen atoms in total. The fourth-order valence-corrected chi connectivity index (χ4v) is 4.31. The lowest BCUT2D eigenvalue weighted by Gasteiger charge is -2.37. The van der Waals surface area contributed by atoms with Gasteiger partial charge in [0.1, 0.15) is 17.3 Å². The first-order valence-corrected chi connectivity index (χ1v) is 11.8. The van der Waals surface area contributed by atoms with E-state index in [4.69, 9.17) is 14.2 Å². The van der Waals surface area contributed by atoms with E-state index < -0.39 is 0 Å². The number of nitrogens with one attached hydrogen (secondary N) is 1. The number of para-hydroxylation sites is 3. The number of hydrogen-bond acceptors (Lipinski definition) is 8. The lowest BCUT2D eigenvalue weighted by atomic mass is 10.2. The maximum atomic E-state index is 12.5. The third-order valence-electron chi connectivity index (χ3n) is 6.18. The van der Waals surface area contributed by atoms with Crippen molar-refractivity contribution >= 4 is 28.3 Å². The Balaban J connectivity index is 1.34. The van der Waals surface area contributed by atoms with Crippen molar-refractivity contribution in [2.24, 2.45) is 0 Å². The van der Waals surface area contributed by atoms with Crippen molar-refractivity contribution in [3.05, 3.63) is 71.9 Å². The minimum atomic E-state index is -0.308. The van der Waals surface area contributed by atoms with Crippen LogP contribution in [0.3, 0.4) is 0 Å². The van der Waals surface area contributed by atoms with E-state index in [0.717, 1.165) is 54.3 Å². The Morgan fingerprint density at radius 2 is 1.77 bits per heavy atom. The van der Waals surface area contributed by atoms with Crippen LogP contribution in [0.4, 0.5) is 11.5 Å². The van der Waals surface area contributed by atoms with Crippen LogP contribution >= 0.6 is 0 Å². The molecule has 0 bridgehead atoms. The minimum absolute atomic E-state index is 0.201. The van der Waals surface area contributed by atoms with E-state index in [0.29, 0.717) is 18.0 Å². The van der Waals surface area contributed by atoms with Crippen molar-refractivity contribution in [2.75, 3.05) is 43.1 Å². The van der Waals surface area contributed by atoms with Crippen LogP contribution in [0.5, 0.6) is 5.75 Å². The Morgan fingerprint density at radius 1 is 1.03 bits per heavy atom. The SMILES string of the molecule is CCc1cc(C(=O)NCc2nc(N3CCN(c4ccccc4OC)CC3)c3ccccc3n2)no1. The molecule has 1 aliphatic rings. The zero-order valence-corrected chi connectivity index (χ0v) is 19.9. The van der Waals surface area contributed by atoms with Crippen molar-refractivity contribution in [2.45, 2.75) is 19.9 Å². The first kappa shape index (κ1) is 22.6. The summed E-state index contributed by atoms with van der Waals surface area (Å²) in [5, 5.41) is 7.69. The van der Waals surface area contributed by atoms with E-state index in [-0.39, 0.29) is 18.1 Å². The number of rotatable bonds is 7. The van der Waals surface area contributed by atoms with E-state index in [1.165, 1.54) is 0 Å². The van der Waals surface area contributed by atoms with Crippen LogP contribution in [-0.2, 0) is 13.0 Å². The molecule has 35 heavy (non-hydrogen) atoms. The zero-order valence-electron chi connectivity index (χ0n) is 19.9. The van der Waals surface area contributed by atoms with E-state index in [2.05, 4.69) is 31.3 Å². The van der Waals surface area contributed by atoms with E-state index in [1.54, 1.807) is 13.2 Å². The van der Waals surface area contributed by atoms with Crippen molar-refractivity contribution in [1.29, 1.82) is 0 Å². The topological polar surface area (TPSA) is 96.6 Å². The number of anilines is 2. The largest absolute Gasteiger partial charge is 0.495 e. The third-order valence-corrected chi connectivity index (χ3v) is 6.18. The second kappa shape index (κ2) is 10.0. The number of aryl methyl sites for hydroxylation is 1. The number of hydrogen-bond donors (Lipinski definition) is 1. The maximum Gasteiger partial charge on any atom is 0.273 e. The van der Waals surface area contributed by atoms with Gasteiger partial charge in [-0.25, -0.2) is 9.97 Å². The number of methoxy groups -OCH3 is 1. The van der Waals surface area contributed by atoms with E-state index in [1.807, 2.05) is 49.4 Å².